The van der Waals surface area contributed by atoms with Gasteiger partial charge in [0.2, 0.25) is 0 Å². The first-order valence-corrected chi connectivity index (χ1v) is 6.22. The second kappa shape index (κ2) is 8.02. The van der Waals surface area contributed by atoms with Gasteiger partial charge in [0.05, 0.1) is 5.54 Å². The molecular weight excluding hydrogens is 170 g/mol. The molecule has 0 saturated carbocycles. The zero-order valence-electron chi connectivity index (χ0n) is 10.3. The van der Waals surface area contributed by atoms with Gasteiger partial charge in [0.1, 0.15) is 0 Å². The Kier molecular flexibility index (Phi) is 7.83. The van der Waals surface area contributed by atoms with Crippen LogP contribution in [-0.4, -0.2) is 12.3 Å². The van der Waals surface area contributed by atoms with Gasteiger partial charge in [0.25, 0.3) is 0 Å². The molecule has 14 heavy (non-hydrogen) atoms. The first-order chi connectivity index (χ1) is 6.74. The van der Waals surface area contributed by atoms with Gasteiger partial charge in [0, 0.05) is 0 Å². The van der Waals surface area contributed by atoms with Crippen molar-refractivity contribution in [1.29, 1.82) is 0 Å². The summed E-state index contributed by atoms with van der Waals surface area (Å²) in [6, 6.07) is 0. The standard InChI is InChI=1S/C13H27N/c1-5-8-11-13(14-4,10-7-3)12-9-6-2/h4-12H2,1-3H3. The predicted octanol–water partition coefficient (Wildman–Crippen LogP) is 4.61. The fourth-order valence-electron chi connectivity index (χ4n) is 2.09. The summed E-state index contributed by atoms with van der Waals surface area (Å²) in [5, 5.41) is 0. The minimum atomic E-state index is 0.209. The van der Waals surface area contributed by atoms with Crippen LogP contribution in [0.1, 0.15) is 72.1 Å². The second-order valence-corrected chi connectivity index (χ2v) is 4.34. The molecule has 0 aliphatic carbocycles. The van der Waals surface area contributed by atoms with Gasteiger partial charge in [-0.15, -0.1) is 0 Å². The minimum absolute atomic E-state index is 0.209. The monoisotopic (exact) mass is 197 g/mol. The van der Waals surface area contributed by atoms with Crippen LogP contribution < -0.4 is 0 Å². The molecule has 0 saturated heterocycles. The molecule has 0 fully saturated rings. The van der Waals surface area contributed by atoms with E-state index in [9.17, 15) is 0 Å². The molecule has 0 atom stereocenters. The van der Waals surface area contributed by atoms with Crippen molar-refractivity contribution in [1.82, 2.24) is 0 Å². The Morgan fingerprint density at radius 3 is 1.64 bits per heavy atom. The topological polar surface area (TPSA) is 12.4 Å². The summed E-state index contributed by atoms with van der Waals surface area (Å²) in [5.74, 6) is 0. The number of nitrogens with zero attached hydrogens (tertiary/aromatic N) is 1. The van der Waals surface area contributed by atoms with Crippen molar-refractivity contribution >= 4 is 6.72 Å². The van der Waals surface area contributed by atoms with Gasteiger partial charge in [-0.3, -0.25) is 4.99 Å². The number of unbranched alkanes of at least 4 members (excludes halogenated alkanes) is 2. The SMILES string of the molecule is C=NC(CCC)(CCCC)CCCC. The Hall–Kier alpha value is -0.330. The molecule has 0 aromatic rings. The number of rotatable bonds is 9. The van der Waals surface area contributed by atoms with E-state index in [1.807, 2.05) is 0 Å². The molecule has 0 aromatic carbocycles. The molecule has 0 unspecified atom stereocenters. The lowest BCUT2D eigenvalue weighted by atomic mass is 9.84. The van der Waals surface area contributed by atoms with E-state index in [1.54, 1.807) is 0 Å². The molecule has 1 heteroatoms. The van der Waals surface area contributed by atoms with E-state index >= 15 is 0 Å². The lowest BCUT2D eigenvalue weighted by Gasteiger charge is -2.29. The summed E-state index contributed by atoms with van der Waals surface area (Å²) in [5.41, 5.74) is 0.209. The third-order valence-corrected chi connectivity index (χ3v) is 3.04. The molecule has 0 spiro atoms. The Labute approximate surface area is 90.0 Å². The van der Waals surface area contributed by atoms with Crippen LogP contribution in [0, 0.1) is 0 Å². The van der Waals surface area contributed by atoms with Gasteiger partial charge < -0.3 is 0 Å². The maximum atomic E-state index is 4.43. The van der Waals surface area contributed by atoms with Crippen LogP contribution in [-0.2, 0) is 0 Å². The molecule has 0 rings (SSSR count). The van der Waals surface area contributed by atoms with E-state index in [1.165, 1.54) is 51.4 Å². The summed E-state index contributed by atoms with van der Waals surface area (Å²) in [4.78, 5) is 4.43. The van der Waals surface area contributed by atoms with Crippen LogP contribution in [0.25, 0.3) is 0 Å². The van der Waals surface area contributed by atoms with E-state index in [2.05, 4.69) is 32.5 Å². The largest absolute Gasteiger partial charge is 0.294 e. The van der Waals surface area contributed by atoms with Gasteiger partial charge in [-0.25, -0.2) is 0 Å². The van der Waals surface area contributed by atoms with Gasteiger partial charge in [0.15, 0.2) is 0 Å². The first kappa shape index (κ1) is 13.7. The van der Waals surface area contributed by atoms with E-state index in [-0.39, 0.29) is 5.54 Å². The first-order valence-electron chi connectivity index (χ1n) is 6.22. The van der Waals surface area contributed by atoms with Crippen LogP contribution in [0.15, 0.2) is 4.99 Å². The van der Waals surface area contributed by atoms with Gasteiger partial charge in [-0.2, -0.15) is 0 Å². The Balaban J connectivity index is 4.18. The van der Waals surface area contributed by atoms with Crippen molar-refractivity contribution in [2.75, 3.05) is 0 Å². The van der Waals surface area contributed by atoms with Crippen molar-refractivity contribution in [3.05, 3.63) is 0 Å². The molecule has 0 heterocycles. The van der Waals surface area contributed by atoms with Crippen LogP contribution in [0.5, 0.6) is 0 Å². The fourth-order valence-corrected chi connectivity index (χ4v) is 2.09. The van der Waals surface area contributed by atoms with Gasteiger partial charge >= 0.3 is 0 Å². The number of aliphatic imine (C=N–C) groups is 1. The van der Waals surface area contributed by atoms with Crippen molar-refractivity contribution in [3.63, 3.8) is 0 Å². The summed E-state index contributed by atoms with van der Waals surface area (Å²) < 4.78 is 0. The van der Waals surface area contributed by atoms with E-state index in [0.29, 0.717) is 0 Å². The van der Waals surface area contributed by atoms with Crippen molar-refractivity contribution in [2.24, 2.45) is 4.99 Å². The molecule has 84 valence electrons. The minimum Gasteiger partial charge on any atom is -0.294 e. The maximum Gasteiger partial charge on any atom is 0.0601 e. The Bertz CT molecular complexity index is 132. The zero-order valence-corrected chi connectivity index (χ0v) is 10.3. The number of hydrogen-bond acceptors (Lipinski definition) is 1. The lowest BCUT2D eigenvalue weighted by Crippen LogP contribution is -2.26. The van der Waals surface area contributed by atoms with E-state index in [0.717, 1.165) is 0 Å². The average Bonchev–Trinajstić information content (AvgIpc) is 2.22. The van der Waals surface area contributed by atoms with Crippen LogP contribution in [0.4, 0.5) is 0 Å². The van der Waals surface area contributed by atoms with E-state index < -0.39 is 0 Å². The highest BCUT2D eigenvalue weighted by Gasteiger charge is 2.25. The quantitative estimate of drug-likeness (QED) is 0.479. The lowest BCUT2D eigenvalue weighted by molar-refractivity contribution is 0.323. The molecule has 1 nitrogen and oxygen atoms in total. The molecule has 0 aromatic heterocycles. The fraction of sp³-hybridized carbons (Fsp3) is 0.923. The van der Waals surface area contributed by atoms with Crippen molar-refractivity contribution in [3.8, 4) is 0 Å². The van der Waals surface area contributed by atoms with Crippen LogP contribution in [0.3, 0.4) is 0 Å². The van der Waals surface area contributed by atoms with Crippen molar-refractivity contribution < 1.29 is 0 Å². The molecule has 0 radical (unpaired) electrons. The van der Waals surface area contributed by atoms with Gasteiger partial charge in [-0.05, 0) is 26.0 Å². The molecular formula is C13H27N. The summed E-state index contributed by atoms with van der Waals surface area (Å²) in [6.45, 7) is 10.6. The third kappa shape index (κ3) is 4.78. The zero-order chi connectivity index (χ0) is 10.9. The Morgan fingerprint density at radius 2 is 1.36 bits per heavy atom. The molecule has 0 aliphatic heterocycles. The normalized spacial score (nSPS) is 11.6. The third-order valence-electron chi connectivity index (χ3n) is 3.04. The predicted molar refractivity (Wildman–Crippen MR) is 66.2 cm³/mol. The second-order valence-electron chi connectivity index (χ2n) is 4.34. The molecule has 0 aliphatic rings. The Morgan fingerprint density at radius 1 is 0.857 bits per heavy atom. The summed E-state index contributed by atoms with van der Waals surface area (Å²) in [6.07, 6.45) is 10.1. The average molecular weight is 197 g/mol. The highest BCUT2D eigenvalue weighted by Crippen LogP contribution is 2.30. The molecule has 0 N–H and O–H groups in total. The highest BCUT2D eigenvalue weighted by atomic mass is 14.8. The van der Waals surface area contributed by atoms with Crippen molar-refractivity contribution in [2.45, 2.75) is 77.7 Å². The summed E-state index contributed by atoms with van der Waals surface area (Å²) in [7, 11) is 0. The summed E-state index contributed by atoms with van der Waals surface area (Å²) >= 11 is 0. The maximum absolute atomic E-state index is 4.43. The molecule has 0 amide bonds. The van der Waals surface area contributed by atoms with Gasteiger partial charge in [-0.1, -0.05) is 52.9 Å². The highest BCUT2D eigenvalue weighted by molar-refractivity contribution is 5.26. The number of hydrogen-bond donors (Lipinski definition) is 0. The molecule has 0 bridgehead atoms. The van der Waals surface area contributed by atoms with Crippen LogP contribution >= 0.6 is 0 Å². The van der Waals surface area contributed by atoms with E-state index in [4.69, 9.17) is 0 Å². The smallest absolute Gasteiger partial charge is 0.0601 e. The van der Waals surface area contributed by atoms with Crippen LogP contribution in [0.2, 0.25) is 0 Å².